The number of hydrogen-bond acceptors (Lipinski definition) is 10. The van der Waals surface area contributed by atoms with E-state index in [4.69, 9.17) is 28.4 Å². The van der Waals surface area contributed by atoms with Crippen LogP contribution in [0.3, 0.4) is 0 Å². The highest BCUT2D eigenvalue weighted by Gasteiger charge is 2.36. The second kappa shape index (κ2) is 37.0. The number of carbonyl (C=O) groups excluding carboxylic acids is 2. The van der Waals surface area contributed by atoms with E-state index in [0.29, 0.717) is 12.8 Å². The molecule has 5 atom stereocenters. The molecule has 3 N–H and O–H groups in total. The molecule has 12 heteroatoms. The second-order valence-corrected chi connectivity index (χ2v) is 17.7. The Labute approximate surface area is 352 Å². The van der Waals surface area contributed by atoms with Crippen molar-refractivity contribution >= 4 is 19.8 Å². The minimum atomic E-state index is -4.64. The van der Waals surface area contributed by atoms with Crippen LogP contribution >= 0.6 is 7.82 Å². The Hall–Kier alpha value is -1.85. The third-order valence-corrected chi connectivity index (χ3v) is 11.1. The fourth-order valence-corrected chi connectivity index (χ4v) is 7.29. The predicted molar refractivity (Wildman–Crippen MR) is 232 cm³/mol. The molecule has 11 nitrogen and oxygen atoms in total. The van der Waals surface area contributed by atoms with Crippen molar-refractivity contribution in [3.8, 4) is 0 Å². The Balaban J connectivity index is 2.28. The molecule has 0 aromatic carbocycles. The number of esters is 2. The zero-order chi connectivity index (χ0) is 42.5. The lowest BCUT2D eigenvalue weighted by atomic mass is 10.0. The average molecular weight is 843 g/mol. The molecule has 1 heterocycles. The van der Waals surface area contributed by atoms with Crippen molar-refractivity contribution in [2.75, 3.05) is 26.4 Å². The lowest BCUT2D eigenvalue weighted by Gasteiger charge is -2.20. The molecular formula is C46H83O11P. The number of phosphoric ester groups is 1. The lowest BCUT2D eigenvalue weighted by molar-refractivity contribution is -0.161. The van der Waals surface area contributed by atoms with Crippen LogP contribution in [0, 0.1) is 5.92 Å². The molecule has 1 saturated heterocycles. The van der Waals surface area contributed by atoms with Gasteiger partial charge in [-0.3, -0.25) is 18.6 Å². The van der Waals surface area contributed by atoms with Crippen LogP contribution in [0.1, 0.15) is 188 Å². The van der Waals surface area contributed by atoms with Gasteiger partial charge in [0.2, 0.25) is 0 Å². The quantitative estimate of drug-likeness (QED) is 0.0177. The summed E-state index contributed by atoms with van der Waals surface area (Å²) in [6.07, 6.45) is 38.4. The van der Waals surface area contributed by atoms with Gasteiger partial charge in [-0.25, -0.2) is 4.57 Å². The van der Waals surface area contributed by atoms with Crippen molar-refractivity contribution in [3.63, 3.8) is 0 Å². The molecule has 338 valence electrons. The molecule has 3 unspecified atom stereocenters. The number of epoxide rings is 1. The first-order valence-corrected chi connectivity index (χ1v) is 24.4. The second-order valence-electron chi connectivity index (χ2n) is 16.3. The van der Waals surface area contributed by atoms with E-state index in [1.54, 1.807) is 0 Å². The maximum Gasteiger partial charge on any atom is 0.472 e. The van der Waals surface area contributed by atoms with Crippen LogP contribution < -0.4 is 0 Å². The minimum Gasteiger partial charge on any atom is -0.462 e. The standard InChI is InChI=1S/C46H83O11P/c1-4-5-6-7-8-9-10-16-19-22-25-28-32-43-44(57-43)33-30-35-45(49)53-38-42(39-55-58(51,52)54-37-41(48)36-47)56-46(50)34-29-26-23-20-17-14-12-11-13-15-18-21-24-27-31-40(2)3/h8-9,16,19,25,28,40-44,47-48H,4-7,10-15,17-18,20-24,26-27,29-39H2,1-3H3,(H,51,52)/b9-8-,19-16-,28-25-/t41-,42+,43?,44?/m0/s1. The number of allylic oxidation sites excluding steroid dienone is 5. The van der Waals surface area contributed by atoms with Gasteiger partial charge in [0.15, 0.2) is 6.10 Å². The van der Waals surface area contributed by atoms with Gasteiger partial charge in [0.1, 0.15) is 12.7 Å². The zero-order valence-electron chi connectivity index (χ0n) is 36.6. The molecule has 1 aliphatic rings. The van der Waals surface area contributed by atoms with Crippen molar-refractivity contribution in [3.05, 3.63) is 36.5 Å². The van der Waals surface area contributed by atoms with Gasteiger partial charge < -0.3 is 29.3 Å². The summed E-state index contributed by atoms with van der Waals surface area (Å²) in [5.74, 6) is -0.179. The van der Waals surface area contributed by atoms with Crippen molar-refractivity contribution < 1.29 is 52.5 Å². The SMILES string of the molecule is CCCCC/C=C\C/C=C\C/C=C\CC1OC1CCCC(=O)OC[C@H](COP(=O)(O)OC[C@@H](O)CO)OC(=O)CCCCCCCCCCCCCCCCC(C)C. The molecule has 0 aliphatic carbocycles. The zero-order valence-corrected chi connectivity index (χ0v) is 37.5. The van der Waals surface area contributed by atoms with Crippen LogP contribution in [-0.4, -0.2) is 77.9 Å². The van der Waals surface area contributed by atoms with Gasteiger partial charge in [-0.1, -0.05) is 160 Å². The van der Waals surface area contributed by atoms with Gasteiger partial charge in [-0.2, -0.15) is 0 Å². The van der Waals surface area contributed by atoms with E-state index in [1.807, 2.05) is 0 Å². The molecule has 0 aromatic rings. The van der Waals surface area contributed by atoms with Crippen LogP contribution in [0.15, 0.2) is 36.5 Å². The van der Waals surface area contributed by atoms with Crippen LogP contribution in [0.2, 0.25) is 0 Å². The monoisotopic (exact) mass is 843 g/mol. The number of ether oxygens (including phenoxy) is 3. The van der Waals surface area contributed by atoms with E-state index >= 15 is 0 Å². The molecule has 0 bridgehead atoms. The average Bonchev–Trinajstić information content (AvgIpc) is 3.95. The Bertz CT molecular complexity index is 1140. The van der Waals surface area contributed by atoms with E-state index in [0.717, 1.165) is 57.3 Å². The van der Waals surface area contributed by atoms with Crippen molar-refractivity contribution in [1.82, 2.24) is 0 Å². The van der Waals surface area contributed by atoms with E-state index < -0.39 is 51.8 Å². The van der Waals surface area contributed by atoms with Gasteiger partial charge in [0, 0.05) is 12.8 Å². The summed E-state index contributed by atoms with van der Waals surface area (Å²) in [6.45, 7) is 4.62. The smallest absolute Gasteiger partial charge is 0.462 e. The molecule has 0 amide bonds. The normalized spacial score (nSPS) is 17.7. The van der Waals surface area contributed by atoms with E-state index in [9.17, 15) is 24.2 Å². The minimum absolute atomic E-state index is 0.116. The van der Waals surface area contributed by atoms with Crippen LogP contribution in [0.5, 0.6) is 0 Å². The number of unbranched alkanes of at least 4 members (excludes halogenated alkanes) is 16. The molecule has 0 aromatic heterocycles. The predicted octanol–water partition coefficient (Wildman–Crippen LogP) is 11.2. The first-order valence-electron chi connectivity index (χ1n) is 22.9. The molecular weight excluding hydrogens is 759 g/mol. The lowest BCUT2D eigenvalue weighted by Crippen LogP contribution is -2.29. The third-order valence-electron chi connectivity index (χ3n) is 10.1. The van der Waals surface area contributed by atoms with Gasteiger partial charge >= 0.3 is 19.8 Å². The topological polar surface area (TPSA) is 161 Å². The van der Waals surface area contributed by atoms with E-state index in [2.05, 4.69) is 57.2 Å². The largest absolute Gasteiger partial charge is 0.472 e. The van der Waals surface area contributed by atoms with Crippen molar-refractivity contribution in [2.24, 2.45) is 5.92 Å². The molecule has 58 heavy (non-hydrogen) atoms. The molecule has 0 radical (unpaired) electrons. The maximum absolute atomic E-state index is 12.7. The number of phosphoric acid groups is 1. The summed E-state index contributed by atoms with van der Waals surface area (Å²) in [4.78, 5) is 35.2. The highest BCUT2D eigenvalue weighted by atomic mass is 31.2. The first-order chi connectivity index (χ1) is 28.1. The summed E-state index contributed by atoms with van der Waals surface area (Å²) in [5.41, 5.74) is 0. The first kappa shape index (κ1) is 54.2. The number of aliphatic hydroxyl groups excluding tert-OH is 2. The summed E-state index contributed by atoms with van der Waals surface area (Å²) in [7, 11) is -4.64. The highest BCUT2D eigenvalue weighted by molar-refractivity contribution is 7.47. The van der Waals surface area contributed by atoms with Crippen molar-refractivity contribution in [2.45, 2.75) is 212 Å². The fraction of sp³-hybridized carbons (Fsp3) is 0.826. The highest BCUT2D eigenvalue weighted by Crippen LogP contribution is 2.43. The third kappa shape index (κ3) is 35.0. The van der Waals surface area contributed by atoms with Gasteiger partial charge in [0.05, 0.1) is 32.0 Å². The van der Waals surface area contributed by atoms with Gasteiger partial charge in [-0.15, -0.1) is 0 Å². The number of hydrogen-bond donors (Lipinski definition) is 3. The molecule has 1 fully saturated rings. The number of carbonyl (C=O) groups is 2. The maximum atomic E-state index is 12.7. The summed E-state index contributed by atoms with van der Waals surface area (Å²) >= 11 is 0. The Morgan fingerprint density at radius 1 is 0.672 bits per heavy atom. The summed E-state index contributed by atoms with van der Waals surface area (Å²) in [6, 6.07) is 0. The Morgan fingerprint density at radius 2 is 1.22 bits per heavy atom. The molecule has 1 rings (SSSR count). The summed E-state index contributed by atoms with van der Waals surface area (Å²) in [5, 5.41) is 18.4. The Kier molecular flexibility index (Phi) is 34.5. The van der Waals surface area contributed by atoms with E-state index in [-0.39, 0.29) is 31.7 Å². The van der Waals surface area contributed by atoms with Gasteiger partial charge in [0.25, 0.3) is 0 Å². The van der Waals surface area contributed by atoms with Gasteiger partial charge in [-0.05, 0) is 57.3 Å². The molecule has 0 spiro atoms. The Morgan fingerprint density at radius 3 is 1.83 bits per heavy atom. The number of rotatable bonds is 41. The van der Waals surface area contributed by atoms with E-state index in [1.165, 1.54) is 89.9 Å². The molecule has 1 aliphatic heterocycles. The van der Waals surface area contributed by atoms with Crippen LogP contribution in [0.4, 0.5) is 0 Å². The van der Waals surface area contributed by atoms with Crippen LogP contribution in [0.25, 0.3) is 0 Å². The summed E-state index contributed by atoms with van der Waals surface area (Å²) < 4.78 is 38.5. The van der Waals surface area contributed by atoms with Crippen LogP contribution in [-0.2, 0) is 37.4 Å². The van der Waals surface area contributed by atoms with Crippen molar-refractivity contribution in [1.29, 1.82) is 0 Å². The fourth-order valence-electron chi connectivity index (χ4n) is 6.50. The molecule has 0 saturated carbocycles. The number of aliphatic hydroxyl groups is 2.